The van der Waals surface area contributed by atoms with Crippen LogP contribution in [-0.4, -0.2) is 18.6 Å². The molecule has 3 rings (SSSR count). The van der Waals surface area contributed by atoms with E-state index >= 15 is 0 Å². The quantitative estimate of drug-likeness (QED) is 0.843. The van der Waals surface area contributed by atoms with Crippen molar-refractivity contribution in [3.05, 3.63) is 65.2 Å². The molecule has 0 saturated carbocycles. The molecule has 0 fully saturated rings. The minimum Gasteiger partial charge on any atom is -0.497 e. The number of rotatable bonds is 3. The number of methoxy groups -OCH3 is 1. The van der Waals surface area contributed by atoms with E-state index in [1.54, 1.807) is 7.11 Å². The van der Waals surface area contributed by atoms with Gasteiger partial charge in [-0.3, -0.25) is 4.90 Å². The second-order valence-electron chi connectivity index (χ2n) is 6.24. The van der Waals surface area contributed by atoms with Crippen molar-refractivity contribution in [2.45, 2.75) is 32.4 Å². The van der Waals surface area contributed by atoms with Crippen LogP contribution >= 0.6 is 0 Å². The van der Waals surface area contributed by atoms with E-state index in [2.05, 4.69) is 67.3 Å². The molecule has 2 heteroatoms. The lowest BCUT2D eigenvalue weighted by Crippen LogP contribution is -2.46. The third kappa shape index (κ3) is 2.68. The lowest BCUT2D eigenvalue weighted by molar-refractivity contribution is 0.0981. The Morgan fingerprint density at radius 1 is 1.10 bits per heavy atom. The molecule has 2 nitrogen and oxygen atoms in total. The molecule has 2 aromatic rings. The Labute approximate surface area is 127 Å². The van der Waals surface area contributed by atoms with E-state index in [4.69, 9.17) is 4.74 Å². The second kappa shape index (κ2) is 5.53. The van der Waals surface area contributed by atoms with Crippen LogP contribution in [0.3, 0.4) is 0 Å². The van der Waals surface area contributed by atoms with Crippen LogP contribution in [0.15, 0.2) is 48.5 Å². The van der Waals surface area contributed by atoms with Gasteiger partial charge in [-0.15, -0.1) is 0 Å². The molecule has 1 aliphatic rings. The number of nitrogens with zero attached hydrogens (tertiary/aromatic N) is 1. The second-order valence-corrected chi connectivity index (χ2v) is 6.24. The van der Waals surface area contributed by atoms with Crippen LogP contribution in [0.4, 0.5) is 0 Å². The van der Waals surface area contributed by atoms with Crippen LogP contribution in [-0.2, 0) is 18.5 Å². The fraction of sp³-hybridized carbons (Fsp3) is 0.368. The highest BCUT2D eigenvalue weighted by molar-refractivity contribution is 5.41. The SMILES string of the molecule is COc1ccc2c(c1)CCN(Cc1ccccc1)C2(C)C. The Morgan fingerprint density at radius 2 is 1.86 bits per heavy atom. The first kappa shape index (κ1) is 14.2. The van der Waals surface area contributed by atoms with Crippen LogP contribution < -0.4 is 4.74 Å². The first-order valence-corrected chi connectivity index (χ1v) is 7.57. The topological polar surface area (TPSA) is 12.5 Å². The normalized spacial score (nSPS) is 17.3. The van der Waals surface area contributed by atoms with Gasteiger partial charge < -0.3 is 4.74 Å². The van der Waals surface area contributed by atoms with Gasteiger partial charge in [0, 0.05) is 18.6 Å². The van der Waals surface area contributed by atoms with E-state index in [0.717, 1.165) is 25.3 Å². The molecule has 0 amide bonds. The Morgan fingerprint density at radius 3 is 2.57 bits per heavy atom. The number of ether oxygens (including phenoxy) is 1. The van der Waals surface area contributed by atoms with Crippen LogP contribution in [0.25, 0.3) is 0 Å². The van der Waals surface area contributed by atoms with Gasteiger partial charge in [-0.05, 0) is 49.1 Å². The largest absolute Gasteiger partial charge is 0.497 e. The van der Waals surface area contributed by atoms with Gasteiger partial charge in [0.25, 0.3) is 0 Å². The zero-order valence-electron chi connectivity index (χ0n) is 13.1. The van der Waals surface area contributed by atoms with Gasteiger partial charge in [-0.2, -0.15) is 0 Å². The molecule has 110 valence electrons. The maximum atomic E-state index is 5.36. The summed E-state index contributed by atoms with van der Waals surface area (Å²) in [6.07, 6.45) is 1.09. The molecule has 0 bridgehead atoms. The van der Waals surface area contributed by atoms with Crippen LogP contribution in [0.1, 0.15) is 30.5 Å². The van der Waals surface area contributed by atoms with Crippen LogP contribution in [0.2, 0.25) is 0 Å². The summed E-state index contributed by atoms with van der Waals surface area (Å²) in [6, 6.07) is 17.2. The van der Waals surface area contributed by atoms with Gasteiger partial charge in [-0.1, -0.05) is 36.4 Å². The maximum Gasteiger partial charge on any atom is 0.119 e. The van der Waals surface area contributed by atoms with Crippen LogP contribution in [0, 0.1) is 0 Å². The number of fused-ring (bicyclic) bond motifs is 1. The third-order valence-corrected chi connectivity index (χ3v) is 4.63. The summed E-state index contributed by atoms with van der Waals surface area (Å²) >= 11 is 0. The maximum absolute atomic E-state index is 5.36. The number of benzene rings is 2. The summed E-state index contributed by atoms with van der Waals surface area (Å²) < 4.78 is 5.36. The van der Waals surface area contributed by atoms with Crippen molar-refractivity contribution < 1.29 is 4.74 Å². The summed E-state index contributed by atoms with van der Waals surface area (Å²) in [5, 5.41) is 0. The first-order chi connectivity index (χ1) is 10.1. The molecule has 0 saturated heterocycles. The fourth-order valence-electron chi connectivity index (χ4n) is 3.29. The van der Waals surface area contributed by atoms with Crippen LogP contribution in [0.5, 0.6) is 5.75 Å². The zero-order chi connectivity index (χ0) is 14.9. The van der Waals surface area contributed by atoms with E-state index in [1.807, 2.05) is 0 Å². The van der Waals surface area contributed by atoms with Gasteiger partial charge in [-0.25, -0.2) is 0 Å². The molecule has 0 atom stereocenters. The lowest BCUT2D eigenvalue weighted by atomic mass is 9.83. The van der Waals surface area contributed by atoms with Gasteiger partial charge in [0.1, 0.15) is 5.75 Å². The summed E-state index contributed by atoms with van der Waals surface area (Å²) in [5.41, 5.74) is 4.27. The Balaban J connectivity index is 1.89. The fourth-order valence-corrected chi connectivity index (χ4v) is 3.29. The highest BCUT2D eigenvalue weighted by atomic mass is 16.5. The van der Waals surface area contributed by atoms with Crippen molar-refractivity contribution in [3.63, 3.8) is 0 Å². The van der Waals surface area contributed by atoms with Crippen molar-refractivity contribution in [2.75, 3.05) is 13.7 Å². The van der Waals surface area contributed by atoms with Crippen molar-refractivity contribution in [1.82, 2.24) is 4.90 Å². The standard InChI is InChI=1S/C19H23NO/c1-19(2)18-10-9-17(21-3)13-16(18)11-12-20(19)14-15-7-5-4-6-8-15/h4-10,13H,11-12,14H2,1-3H3. The Bertz CT molecular complexity index is 619. The third-order valence-electron chi connectivity index (χ3n) is 4.63. The molecule has 0 aromatic heterocycles. The van der Waals surface area contributed by atoms with Crippen molar-refractivity contribution in [2.24, 2.45) is 0 Å². The molecule has 1 aliphatic heterocycles. The first-order valence-electron chi connectivity index (χ1n) is 7.57. The van der Waals surface area contributed by atoms with Gasteiger partial charge >= 0.3 is 0 Å². The minimum absolute atomic E-state index is 0.0513. The van der Waals surface area contributed by atoms with E-state index < -0.39 is 0 Å². The highest BCUT2D eigenvalue weighted by Gasteiger charge is 2.34. The van der Waals surface area contributed by atoms with Gasteiger partial charge in [0.15, 0.2) is 0 Å². The molecule has 21 heavy (non-hydrogen) atoms. The van der Waals surface area contributed by atoms with Gasteiger partial charge in [0.05, 0.1) is 7.11 Å². The average molecular weight is 281 g/mol. The summed E-state index contributed by atoms with van der Waals surface area (Å²) in [7, 11) is 1.73. The minimum atomic E-state index is 0.0513. The highest BCUT2D eigenvalue weighted by Crippen LogP contribution is 2.37. The Kier molecular flexibility index (Phi) is 3.73. The van der Waals surface area contributed by atoms with E-state index in [9.17, 15) is 0 Å². The van der Waals surface area contributed by atoms with Crippen molar-refractivity contribution in [1.29, 1.82) is 0 Å². The molecule has 0 spiro atoms. The van der Waals surface area contributed by atoms with Crippen molar-refractivity contribution >= 4 is 0 Å². The molecule has 0 unspecified atom stereocenters. The number of hydrogen-bond acceptors (Lipinski definition) is 2. The predicted octanol–water partition coefficient (Wildman–Crippen LogP) is 3.99. The van der Waals surface area contributed by atoms with E-state index in [1.165, 1.54) is 16.7 Å². The predicted molar refractivity (Wildman–Crippen MR) is 86.6 cm³/mol. The Hall–Kier alpha value is -1.80. The molecule has 1 heterocycles. The van der Waals surface area contributed by atoms with Crippen molar-refractivity contribution in [3.8, 4) is 5.75 Å². The van der Waals surface area contributed by atoms with Gasteiger partial charge in [0.2, 0.25) is 0 Å². The number of hydrogen-bond donors (Lipinski definition) is 0. The van der Waals surface area contributed by atoms with E-state index in [-0.39, 0.29) is 5.54 Å². The molecular weight excluding hydrogens is 258 g/mol. The monoisotopic (exact) mass is 281 g/mol. The smallest absolute Gasteiger partial charge is 0.119 e. The summed E-state index contributed by atoms with van der Waals surface area (Å²) in [6.45, 7) is 6.72. The summed E-state index contributed by atoms with van der Waals surface area (Å²) in [5.74, 6) is 0.959. The average Bonchev–Trinajstić information content (AvgIpc) is 2.51. The lowest BCUT2D eigenvalue weighted by Gasteiger charge is -2.44. The zero-order valence-corrected chi connectivity index (χ0v) is 13.1. The molecular formula is C19H23NO. The molecule has 0 radical (unpaired) electrons. The molecule has 0 aliphatic carbocycles. The molecule has 0 N–H and O–H groups in total. The summed E-state index contributed by atoms with van der Waals surface area (Å²) in [4.78, 5) is 2.57. The van der Waals surface area contributed by atoms with E-state index in [0.29, 0.717) is 0 Å². The molecule has 2 aromatic carbocycles.